The number of rotatable bonds is 4. The molecular weight excluding hydrogens is 234 g/mol. The van der Waals surface area contributed by atoms with Crippen molar-refractivity contribution in [2.24, 2.45) is 0 Å². The van der Waals surface area contributed by atoms with Crippen LogP contribution in [-0.2, 0) is 4.74 Å². The van der Waals surface area contributed by atoms with Gasteiger partial charge in [-0.15, -0.1) is 0 Å². The van der Waals surface area contributed by atoms with E-state index in [-0.39, 0.29) is 13.2 Å². The number of amides is 1. The van der Waals surface area contributed by atoms with Crippen molar-refractivity contribution < 1.29 is 14.6 Å². The van der Waals surface area contributed by atoms with E-state index >= 15 is 0 Å². The van der Waals surface area contributed by atoms with Crippen LogP contribution in [0.15, 0.2) is 42.7 Å². The van der Waals surface area contributed by atoms with Crippen LogP contribution in [0.4, 0.5) is 10.5 Å². The molecule has 1 aromatic heterocycles. The summed E-state index contributed by atoms with van der Waals surface area (Å²) in [5, 5.41) is 15.2. The maximum atomic E-state index is 11.2. The van der Waals surface area contributed by atoms with Gasteiger partial charge in [0.2, 0.25) is 0 Å². The summed E-state index contributed by atoms with van der Waals surface area (Å²) >= 11 is 0. The molecule has 18 heavy (non-hydrogen) atoms. The Bertz CT molecular complexity index is 494. The number of nitrogens with one attached hydrogen (secondary N) is 1. The van der Waals surface area contributed by atoms with Gasteiger partial charge >= 0.3 is 6.09 Å². The average molecular weight is 247 g/mol. The Kier molecular flexibility index (Phi) is 3.93. The van der Waals surface area contributed by atoms with E-state index in [4.69, 9.17) is 5.11 Å². The number of nitrogens with zero attached hydrogens (tertiary/aromatic N) is 2. The van der Waals surface area contributed by atoms with Crippen LogP contribution in [0.3, 0.4) is 0 Å². The van der Waals surface area contributed by atoms with Crippen molar-refractivity contribution in [3.05, 3.63) is 42.7 Å². The van der Waals surface area contributed by atoms with Crippen LogP contribution in [0.25, 0.3) is 5.69 Å². The summed E-state index contributed by atoms with van der Waals surface area (Å²) in [5.41, 5.74) is 1.52. The topological polar surface area (TPSA) is 76.4 Å². The molecule has 0 bridgehead atoms. The molecule has 2 rings (SSSR count). The van der Waals surface area contributed by atoms with Gasteiger partial charge in [0.25, 0.3) is 0 Å². The van der Waals surface area contributed by atoms with Crippen LogP contribution < -0.4 is 5.32 Å². The highest BCUT2D eigenvalue weighted by Gasteiger charge is 2.02. The number of carbonyl (C=O) groups is 1. The van der Waals surface area contributed by atoms with Gasteiger partial charge < -0.3 is 9.84 Å². The van der Waals surface area contributed by atoms with Gasteiger partial charge in [-0.05, 0) is 30.3 Å². The van der Waals surface area contributed by atoms with Crippen molar-refractivity contribution in [2.75, 3.05) is 18.5 Å². The summed E-state index contributed by atoms with van der Waals surface area (Å²) in [4.78, 5) is 11.2. The van der Waals surface area contributed by atoms with E-state index in [0.717, 1.165) is 5.69 Å². The van der Waals surface area contributed by atoms with E-state index in [1.165, 1.54) is 0 Å². The van der Waals surface area contributed by atoms with Gasteiger partial charge in [0, 0.05) is 18.1 Å². The molecule has 0 radical (unpaired) electrons. The molecule has 0 aliphatic carbocycles. The van der Waals surface area contributed by atoms with Gasteiger partial charge in [0.15, 0.2) is 0 Å². The predicted molar refractivity (Wildman–Crippen MR) is 65.6 cm³/mol. The number of hydrogen-bond acceptors (Lipinski definition) is 4. The Hall–Kier alpha value is -2.34. The molecule has 94 valence electrons. The minimum Gasteiger partial charge on any atom is -0.447 e. The summed E-state index contributed by atoms with van der Waals surface area (Å²) in [6.07, 6.45) is 2.94. The van der Waals surface area contributed by atoms with Gasteiger partial charge in [-0.2, -0.15) is 5.10 Å². The molecule has 0 fully saturated rings. The zero-order valence-corrected chi connectivity index (χ0v) is 9.61. The SMILES string of the molecule is O=C(Nc1ccc(-n2cccn2)cc1)OCCO. The molecule has 6 heteroatoms. The van der Waals surface area contributed by atoms with E-state index in [2.05, 4.69) is 15.2 Å². The first-order valence-electron chi connectivity index (χ1n) is 5.44. The number of benzene rings is 1. The Balaban J connectivity index is 1.98. The maximum absolute atomic E-state index is 11.2. The molecule has 0 atom stereocenters. The lowest BCUT2D eigenvalue weighted by Crippen LogP contribution is -2.15. The van der Waals surface area contributed by atoms with E-state index in [0.29, 0.717) is 5.69 Å². The number of aromatic nitrogens is 2. The predicted octanol–water partition coefficient (Wildman–Crippen LogP) is 1.41. The van der Waals surface area contributed by atoms with Crippen LogP contribution in [0.5, 0.6) is 0 Å². The third-order valence-electron chi connectivity index (χ3n) is 2.21. The van der Waals surface area contributed by atoms with Crippen LogP contribution >= 0.6 is 0 Å². The number of aliphatic hydroxyl groups excluding tert-OH is 1. The standard InChI is InChI=1S/C12H13N3O3/c16-8-9-18-12(17)14-10-2-4-11(5-3-10)15-7-1-6-13-15/h1-7,16H,8-9H2,(H,14,17). The fourth-order valence-electron chi connectivity index (χ4n) is 1.41. The van der Waals surface area contributed by atoms with Crippen molar-refractivity contribution in [1.82, 2.24) is 9.78 Å². The van der Waals surface area contributed by atoms with Gasteiger partial charge in [-0.1, -0.05) is 0 Å². The van der Waals surface area contributed by atoms with Gasteiger partial charge in [0.05, 0.1) is 12.3 Å². The van der Waals surface area contributed by atoms with Crippen molar-refractivity contribution in [2.45, 2.75) is 0 Å². The summed E-state index contributed by atoms with van der Waals surface area (Å²) in [6.45, 7) is -0.205. The lowest BCUT2D eigenvalue weighted by molar-refractivity contribution is 0.131. The number of anilines is 1. The van der Waals surface area contributed by atoms with Crippen molar-refractivity contribution in [3.63, 3.8) is 0 Å². The molecular formula is C12H13N3O3. The van der Waals surface area contributed by atoms with E-state index < -0.39 is 6.09 Å². The lowest BCUT2D eigenvalue weighted by Gasteiger charge is -2.06. The molecule has 0 aliphatic heterocycles. The third-order valence-corrected chi connectivity index (χ3v) is 2.21. The molecule has 0 aliphatic rings. The third kappa shape index (κ3) is 3.08. The quantitative estimate of drug-likeness (QED) is 0.856. The highest BCUT2D eigenvalue weighted by Crippen LogP contribution is 2.12. The summed E-state index contributed by atoms with van der Waals surface area (Å²) in [5.74, 6) is 0. The fraction of sp³-hybridized carbons (Fsp3) is 0.167. The van der Waals surface area contributed by atoms with E-state index in [9.17, 15) is 4.79 Å². The normalized spacial score (nSPS) is 10.1. The van der Waals surface area contributed by atoms with Crippen LogP contribution in [0.1, 0.15) is 0 Å². The smallest absolute Gasteiger partial charge is 0.411 e. The Morgan fingerprint density at radius 3 is 2.78 bits per heavy atom. The Morgan fingerprint density at radius 1 is 1.39 bits per heavy atom. The highest BCUT2D eigenvalue weighted by molar-refractivity contribution is 5.84. The average Bonchev–Trinajstić information content (AvgIpc) is 2.91. The summed E-state index contributed by atoms with van der Waals surface area (Å²) in [7, 11) is 0. The molecule has 1 amide bonds. The Morgan fingerprint density at radius 2 is 2.17 bits per heavy atom. The minimum absolute atomic E-state index is 0.0167. The number of ether oxygens (including phenoxy) is 1. The van der Waals surface area contributed by atoms with Crippen LogP contribution in [-0.4, -0.2) is 34.2 Å². The summed E-state index contributed by atoms with van der Waals surface area (Å²) in [6, 6.07) is 8.98. The molecule has 1 heterocycles. The minimum atomic E-state index is -0.587. The van der Waals surface area contributed by atoms with Crippen LogP contribution in [0.2, 0.25) is 0 Å². The molecule has 0 unspecified atom stereocenters. The largest absolute Gasteiger partial charge is 0.447 e. The fourth-order valence-corrected chi connectivity index (χ4v) is 1.41. The molecule has 6 nitrogen and oxygen atoms in total. The first-order valence-corrected chi connectivity index (χ1v) is 5.44. The number of aliphatic hydroxyl groups is 1. The van der Waals surface area contributed by atoms with Gasteiger partial charge in [0.1, 0.15) is 6.61 Å². The number of hydrogen-bond donors (Lipinski definition) is 2. The van der Waals surface area contributed by atoms with Gasteiger partial charge in [-0.3, -0.25) is 5.32 Å². The maximum Gasteiger partial charge on any atom is 0.411 e. The van der Waals surface area contributed by atoms with Gasteiger partial charge in [-0.25, -0.2) is 9.48 Å². The second kappa shape index (κ2) is 5.83. The zero-order chi connectivity index (χ0) is 12.8. The molecule has 0 saturated carbocycles. The molecule has 1 aromatic carbocycles. The zero-order valence-electron chi connectivity index (χ0n) is 9.61. The molecule has 0 saturated heterocycles. The first kappa shape index (κ1) is 12.1. The van der Waals surface area contributed by atoms with Crippen molar-refractivity contribution >= 4 is 11.8 Å². The van der Waals surface area contributed by atoms with E-state index in [1.807, 2.05) is 24.4 Å². The second-order valence-corrected chi connectivity index (χ2v) is 3.48. The molecule has 2 N–H and O–H groups in total. The second-order valence-electron chi connectivity index (χ2n) is 3.48. The van der Waals surface area contributed by atoms with Crippen molar-refractivity contribution in [1.29, 1.82) is 0 Å². The Labute approximate surface area is 104 Å². The van der Waals surface area contributed by atoms with E-state index in [1.54, 1.807) is 23.0 Å². The highest BCUT2D eigenvalue weighted by atomic mass is 16.6. The number of carbonyl (C=O) groups excluding carboxylic acids is 1. The lowest BCUT2D eigenvalue weighted by atomic mass is 10.3. The summed E-state index contributed by atoms with van der Waals surface area (Å²) < 4.78 is 6.40. The molecule has 0 spiro atoms. The van der Waals surface area contributed by atoms with Crippen molar-refractivity contribution in [3.8, 4) is 5.69 Å². The van der Waals surface area contributed by atoms with Crippen LogP contribution in [0, 0.1) is 0 Å². The monoisotopic (exact) mass is 247 g/mol. The molecule has 2 aromatic rings. The first-order chi connectivity index (χ1) is 8.79.